The summed E-state index contributed by atoms with van der Waals surface area (Å²) in [6.45, 7) is 4.51. The van der Waals surface area contributed by atoms with Crippen molar-refractivity contribution in [3.05, 3.63) is 18.2 Å². The fraction of sp³-hybridized carbons (Fsp3) is 0.647. The largest absolute Gasteiger partial charge is 0.493 e. The Balaban J connectivity index is 1.66. The molecule has 0 radical (unpaired) electrons. The van der Waals surface area contributed by atoms with Gasteiger partial charge >= 0.3 is 0 Å². The summed E-state index contributed by atoms with van der Waals surface area (Å²) >= 11 is 0. The summed E-state index contributed by atoms with van der Waals surface area (Å²) in [6, 6.07) is 5.68. The summed E-state index contributed by atoms with van der Waals surface area (Å²) in [6.07, 6.45) is 6.42. The Kier molecular flexibility index (Phi) is 6.67. The Morgan fingerprint density at radius 2 is 1.71 bits per heavy atom. The average Bonchev–Trinajstić information content (AvgIpc) is 2.55. The number of rotatable bonds is 8. The van der Waals surface area contributed by atoms with Crippen LogP contribution in [0.2, 0.25) is 0 Å². The molecule has 0 unspecified atom stereocenters. The van der Waals surface area contributed by atoms with Crippen LogP contribution in [0.25, 0.3) is 0 Å². The van der Waals surface area contributed by atoms with Gasteiger partial charge in [0.25, 0.3) is 0 Å². The summed E-state index contributed by atoms with van der Waals surface area (Å²) in [5.74, 6) is 2.28. The number of nitrogens with zero attached hydrogens (tertiary/aromatic N) is 1. The zero-order valence-corrected chi connectivity index (χ0v) is 13.3. The van der Waals surface area contributed by atoms with Gasteiger partial charge in [0, 0.05) is 6.07 Å². The molecule has 1 aliphatic rings. The number of piperidine rings is 1. The van der Waals surface area contributed by atoms with E-state index in [0.29, 0.717) is 5.75 Å². The first-order valence-electron chi connectivity index (χ1n) is 7.90. The van der Waals surface area contributed by atoms with Crippen molar-refractivity contribution in [3.63, 3.8) is 0 Å². The first-order chi connectivity index (χ1) is 10.3. The Morgan fingerprint density at radius 1 is 0.952 bits per heavy atom. The fourth-order valence-corrected chi connectivity index (χ4v) is 2.72. The van der Waals surface area contributed by atoms with Gasteiger partial charge in [0.2, 0.25) is 0 Å². The Bertz CT molecular complexity index is 416. The van der Waals surface area contributed by atoms with E-state index < -0.39 is 0 Å². The predicted octanol–water partition coefficient (Wildman–Crippen LogP) is 3.35. The summed E-state index contributed by atoms with van der Waals surface area (Å²) in [7, 11) is 3.28. The summed E-state index contributed by atoms with van der Waals surface area (Å²) in [5, 5.41) is 0. The molecule has 0 spiro atoms. The van der Waals surface area contributed by atoms with Crippen LogP contribution in [-0.2, 0) is 0 Å². The van der Waals surface area contributed by atoms with Crippen molar-refractivity contribution >= 4 is 0 Å². The van der Waals surface area contributed by atoms with Crippen molar-refractivity contribution in [1.29, 1.82) is 0 Å². The molecule has 21 heavy (non-hydrogen) atoms. The third-order valence-corrected chi connectivity index (χ3v) is 3.94. The first-order valence-corrected chi connectivity index (χ1v) is 7.90. The quantitative estimate of drug-likeness (QED) is 0.688. The smallest absolute Gasteiger partial charge is 0.164 e. The van der Waals surface area contributed by atoms with E-state index in [4.69, 9.17) is 14.2 Å². The molecule has 0 N–H and O–H groups in total. The number of hydrogen-bond donors (Lipinski definition) is 0. The predicted molar refractivity (Wildman–Crippen MR) is 84.6 cm³/mol. The highest BCUT2D eigenvalue weighted by Crippen LogP contribution is 2.30. The van der Waals surface area contributed by atoms with E-state index in [1.165, 1.54) is 45.3 Å². The molecule has 1 aromatic carbocycles. The minimum Gasteiger partial charge on any atom is -0.493 e. The molecule has 1 aromatic rings. The highest BCUT2D eigenvalue weighted by molar-refractivity contribution is 5.45. The van der Waals surface area contributed by atoms with Crippen LogP contribution in [0.4, 0.5) is 0 Å². The van der Waals surface area contributed by atoms with Gasteiger partial charge in [0.05, 0.1) is 20.8 Å². The van der Waals surface area contributed by atoms with Crippen LogP contribution in [0.15, 0.2) is 18.2 Å². The maximum atomic E-state index is 5.78. The lowest BCUT2D eigenvalue weighted by Gasteiger charge is -2.26. The molecule has 118 valence electrons. The molecule has 0 aromatic heterocycles. The van der Waals surface area contributed by atoms with Gasteiger partial charge in [-0.2, -0.15) is 0 Å². The zero-order chi connectivity index (χ0) is 14.9. The normalized spacial score (nSPS) is 15.7. The van der Waals surface area contributed by atoms with E-state index in [-0.39, 0.29) is 0 Å². The van der Waals surface area contributed by atoms with Crippen molar-refractivity contribution in [2.24, 2.45) is 0 Å². The molecule has 1 saturated heterocycles. The third-order valence-electron chi connectivity index (χ3n) is 3.94. The lowest BCUT2D eigenvalue weighted by molar-refractivity contribution is 0.216. The van der Waals surface area contributed by atoms with Gasteiger partial charge in [-0.15, -0.1) is 0 Å². The Labute approximate surface area is 128 Å². The monoisotopic (exact) mass is 293 g/mol. The molecule has 0 atom stereocenters. The van der Waals surface area contributed by atoms with Crippen LogP contribution in [0.5, 0.6) is 17.2 Å². The highest BCUT2D eigenvalue weighted by atomic mass is 16.5. The number of benzene rings is 1. The molecule has 0 amide bonds. The van der Waals surface area contributed by atoms with E-state index in [9.17, 15) is 0 Å². The molecule has 0 aliphatic carbocycles. The van der Waals surface area contributed by atoms with E-state index in [2.05, 4.69) is 4.90 Å². The average molecular weight is 293 g/mol. The summed E-state index contributed by atoms with van der Waals surface area (Å²) in [5.41, 5.74) is 0. The number of methoxy groups -OCH3 is 2. The van der Waals surface area contributed by atoms with E-state index >= 15 is 0 Å². The molecule has 1 heterocycles. The molecule has 1 fully saturated rings. The summed E-state index contributed by atoms with van der Waals surface area (Å²) in [4.78, 5) is 2.57. The second-order valence-electron chi connectivity index (χ2n) is 5.47. The molecule has 1 aliphatic heterocycles. The van der Waals surface area contributed by atoms with E-state index in [1.54, 1.807) is 14.2 Å². The maximum Gasteiger partial charge on any atom is 0.164 e. The number of hydrogen-bond acceptors (Lipinski definition) is 4. The van der Waals surface area contributed by atoms with Crippen molar-refractivity contribution in [2.45, 2.75) is 32.1 Å². The van der Waals surface area contributed by atoms with Gasteiger partial charge in [-0.1, -0.05) is 6.42 Å². The number of unbranched alkanes of at least 4 members (excludes halogenated alkanes) is 1. The SMILES string of the molecule is COc1ccc(OCCCCN2CCCCC2)cc1OC. The van der Waals surface area contributed by atoms with E-state index in [0.717, 1.165) is 24.5 Å². The molecule has 0 bridgehead atoms. The second-order valence-corrected chi connectivity index (χ2v) is 5.47. The molecule has 4 nitrogen and oxygen atoms in total. The minimum absolute atomic E-state index is 0.711. The molecule has 0 saturated carbocycles. The molecule has 2 rings (SSSR count). The van der Waals surface area contributed by atoms with Gasteiger partial charge in [0.1, 0.15) is 5.75 Å². The van der Waals surface area contributed by atoms with Gasteiger partial charge < -0.3 is 19.1 Å². The lowest BCUT2D eigenvalue weighted by Crippen LogP contribution is -2.30. The Morgan fingerprint density at radius 3 is 2.43 bits per heavy atom. The van der Waals surface area contributed by atoms with E-state index in [1.807, 2.05) is 18.2 Å². The number of likely N-dealkylation sites (tertiary alicyclic amines) is 1. The highest BCUT2D eigenvalue weighted by Gasteiger charge is 2.09. The van der Waals surface area contributed by atoms with Crippen LogP contribution >= 0.6 is 0 Å². The lowest BCUT2D eigenvalue weighted by atomic mass is 10.1. The van der Waals surface area contributed by atoms with Gasteiger partial charge in [0.15, 0.2) is 11.5 Å². The van der Waals surface area contributed by atoms with Crippen LogP contribution in [0, 0.1) is 0 Å². The topological polar surface area (TPSA) is 30.9 Å². The van der Waals surface area contributed by atoms with Crippen LogP contribution in [0.1, 0.15) is 32.1 Å². The number of ether oxygens (including phenoxy) is 3. The molecular formula is C17H27NO3. The van der Waals surface area contributed by atoms with Crippen LogP contribution in [0.3, 0.4) is 0 Å². The standard InChI is InChI=1S/C17H27NO3/c1-19-16-9-8-15(14-17(16)20-2)21-13-7-6-12-18-10-4-3-5-11-18/h8-9,14H,3-7,10-13H2,1-2H3. The van der Waals surface area contributed by atoms with Gasteiger partial charge in [-0.05, 0) is 57.5 Å². The Hall–Kier alpha value is -1.42. The third kappa shape index (κ3) is 5.12. The molecular weight excluding hydrogens is 266 g/mol. The fourth-order valence-electron chi connectivity index (χ4n) is 2.72. The maximum absolute atomic E-state index is 5.78. The van der Waals surface area contributed by atoms with Gasteiger partial charge in [-0.3, -0.25) is 0 Å². The second kappa shape index (κ2) is 8.78. The van der Waals surface area contributed by atoms with Crippen molar-refractivity contribution in [1.82, 2.24) is 4.90 Å². The minimum atomic E-state index is 0.711. The zero-order valence-electron chi connectivity index (χ0n) is 13.3. The van der Waals surface area contributed by atoms with Crippen molar-refractivity contribution < 1.29 is 14.2 Å². The van der Waals surface area contributed by atoms with Crippen LogP contribution in [-0.4, -0.2) is 45.4 Å². The van der Waals surface area contributed by atoms with Gasteiger partial charge in [-0.25, -0.2) is 0 Å². The summed E-state index contributed by atoms with van der Waals surface area (Å²) < 4.78 is 16.3. The van der Waals surface area contributed by atoms with Crippen molar-refractivity contribution in [2.75, 3.05) is 40.5 Å². The first kappa shape index (κ1) is 16.0. The molecule has 4 heteroatoms. The van der Waals surface area contributed by atoms with Crippen LogP contribution < -0.4 is 14.2 Å². The van der Waals surface area contributed by atoms with Crippen molar-refractivity contribution in [3.8, 4) is 17.2 Å².